The van der Waals surface area contributed by atoms with Crippen LogP contribution in [0, 0.1) is 11.8 Å². The first-order valence-electron chi connectivity index (χ1n) is 22.3. The van der Waals surface area contributed by atoms with Gasteiger partial charge in [0, 0.05) is 41.0 Å². The monoisotopic (exact) mass is 865 g/mol. The normalized spacial score (nSPS) is 22.5. The molecule has 12 heteroatoms. The van der Waals surface area contributed by atoms with Crippen LogP contribution in [0.1, 0.15) is 112 Å². The minimum Gasteiger partial charge on any atom is -0.494 e. The summed E-state index contributed by atoms with van der Waals surface area (Å²) in [5, 5.41) is 27.2. The molecule has 1 spiro atoms. The van der Waals surface area contributed by atoms with Crippen LogP contribution in [-0.2, 0) is 39.1 Å². The number of amides is 1. The topological polar surface area (TPSA) is 156 Å². The zero-order valence-corrected chi connectivity index (χ0v) is 36.8. The maximum absolute atomic E-state index is 13.1. The van der Waals surface area contributed by atoms with Crippen LogP contribution in [0.4, 0.5) is 5.69 Å². The van der Waals surface area contributed by atoms with Gasteiger partial charge in [-0.1, -0.05) is 49.7 Å². The van der Waals surface area contributed by atoms with Crippen LogP contribution < -0.4 is 24.8 Å². The third kappa shape index (κ3) is 10.3. The van der Waals surface area contributed by atoms with E-state index in [1.54, 1.807) is 18.2 Å². The van der Waals surface area contributed by atoms with E-state index in [2.05, 4.69) is 41.6 Å². The zero-order chi connectivity index (χ0) is 43.9. The molecule has 3 aliphatic carbocycles. The molecule has 1 amide bonds. The highest BCUT2D eigenvalue weighted by Gasteiger charge is 2.54. The van der Waals surface area contributed by atoms with Gasteiger partial charge in [-0.05, 0) is 160 Å². The molecule has 3 aromatic carbocycles. The lowest BCUT2D eigenvalue weighted by atomic mass is 9.59. The molecular formula is C50H60ClN3O8. The van der Waals surface area contributed by atoms with Gasteiger partial charge in [0.15, 0.2) is 0 Å². The first-order chi connectivity index (χ1) is 29.9. The lowest BCUT2D eigenvalue weighted by molar-refractivity contribution is -0.144. The SMILES string of the molecule is CCOc1cccc(CC(NC(=O)CCCOc2ccc3c(c2)C2(CCC(Nc4cccc(Cl)c4)(C(=O)O)CC2)[C@@H](C[C@@H](C)COc2ccnc4c2[C@H](C)CCC4)C3)C(=O)O)c1. The maximum atomic E-state index is 13.1. The number of hydrogen-bond acceptors (Lipinski definition) is 8. The molecule has 11 nitrogen and oxygen atoms in total. The number of carboxylic acids is 2. The number of fused-ring (bicyclic) bond motifs is 3. The third-order valence-corrected chi connectivity index (χ3v) is 13.6. The van der Waals surface area contributed by atoms with Crippen LogP contribution in [0.3, 0.4) is 0 Å². The zero-order valence-electron chi connectivity index (χ0n) is 36.1. The molecule has 330 valence electrons. The fourth-order valence-corrected chi connectivity index (χ4v) is 10.4. The van der Waals surface area contributed by atoms with Crippen LogP contribution in [0.15, 0.2) is 79.0 Å². The number of benzene rings is 3. The number of carbonyl (C=O) groups excluding carboxylic acids is 1. The molecule has 4 aromatic rings. The molecule has 3 aliphatic rings. The Hall–Kier alpha value is -5.29. The van der Waals surface area contributed by atoms with Crippen molar-refractivity contribution in [2.24, 2.45) is 11.8 Å². The second-order valence-electron chi connectivity index (χ2n) is 17.7. The summed E-state index contributed by atoms with van der Waals surface area (Å²) in [5.41, 5.74) is 4.90. The molecular weight excluding hydrogens is 806 g/mol. The highest BCUT2D eigenvalue weighted by molar-refractivity contribution is 6.30. The highest BCUT2D eigenvalue weighted by Crippen LogP contribution is 2.57. The molecule has 4 atom stereocenters. The molecule has 4 N–H and O–H groups in total. The number of nitrogens with zero attached hydrogens (tertiary/aromatic N) is 1. The Balaban J connectivity index is 1.03. The van der Waals surface area contributed by atoms with Crippen molar-refractivity contribution in [2.45, 2.75) is 121 Å². The molecule has 1 unspecified atom stereocenters. The minimum atomic E-state index is -1.14. The van der Waals surface area contributed by atoms with E-state index in [0.29, 0.717) is 73.4 Å². The fraction of sp³-hybridized carbons (Fsp3) is 0.480. The van der Waals surface area contributed by atoms with Crippen LogP contribution in [-0.4, -0.2) is 64.4 Å². The summed E-state index contributed by atoms with van der Waals surface area (Å²) >= 11 is 6.31. The van der Waals surface area contributed by atoms with Gasteiger partial charge in [0.05, 0.1) is 19.8 Å². The van der Waals surface area contributed by atoms with Gasteiger partial charge in [0.25, 0.3) is 0 Å². The molecule has 62 heavy (non-hydrogen) atoms. The average Bonchev–Trinajstić information content (AvgIpc) is 3.53. The number of hydrogen-bond donors (Lipinski definition) is 4. The van der Waals surface area contributed by atoms with Crippen LogP contribution in [0.25, 0.3) is 0 Å². The van der Waals surface area contributed by atoms with Crippen molar-refractivity contribution in [1.29, 1.82) is 0 Å². The van der Waals surface area contributed by atoms with E-state index < -0.39 is 23.5 Å². The van der Waals surface area contributed by atoms with Gasteiger partial charge >= 0.3 is 11.9 Å². The summed E-state index contributed by atoms with van der Waals surface area (Å²) in [6.45, 7) is 7.75. The number of aryl methyl sites for hydroxylation is 1. The molecule has 0 aliphatic heterocycles. The summed E-state index contributed by atoms with van der Waals surface area (Å²) in [4.78, 5) is 42.7. The molecule has 1 fully saturated rings. The van der Waals surface area contributed by atoms with Gasteiger partial charge in [-0.15, -0.1) is 0 Å². The quantitative estimate of drug-likeness (QED) is 0.0670. The molecule has 1 heterocycles. The van der Waals surface area contributed by atoms with Crippen LogP contribution >= 0.6 is 11.6 Å². The van der Waals surface area contributed by atoms with Gasteiger partial charge in [-0.25, -0.2) is 9.59 Å². The summed E-state index contributed by atoms with van der Waals surface area (Å²) in [6, 6.07) is 21.7. The Bertz CT molecular complexity index is 2220. The number of carboxylic acid groups (broad SMARTS) is 2. The summed E-state index contributed by atoms with van der Waals surface area (Å²) in [7, 11) is 0. The largest absolute Gasteiger partial charge is 0.494 e. The Morgan fingerprint density at radius 3 is 2.50 bits per heavy atom. The lowest BCUT2D eigenvalue weighted by Crippen LogP contribution is -2.53. The maximum Gasteiger partial charge on any atom is 0.329 e. The smallest absolute Gasteiger partial charge is 0.329 e. The number of rotatable bonds is 19. The number of aliphatic carboxylic acids is 2. The van der Waals surface area contributed by atoms with Crippen LogP contribution in [0.2, 0.25) is 5.02 Å². The Morgan fingerprint density at radius 1 is 0.952 bits per heavy atom. The number of ether oxygens (including phenoxy) is 3. The van der Waals surface area contributed by atoms with Crippen molar-refractivity contribution in [3.8, 4) is 17.2 Å². The van der Waals surface area contributed by atoms with Crippen molar-refractivity contribution in [3.05, 3.63) is 112 Å². The minimum absolute atomic E-state index is 0.109. The second-order valence-corrected chi connectivity index (χ2v) is 18.1. The molecule has 0 radical (unpaired) electrons. The fourth-order valence-electron chi connectivity index (χ4n) is 10.2. The van der Waals surface area contributed by atoms with Gasteiger partial charge in [0.2, 0.25) is 5.91 Å². The molecule has 1 saturated carbocycles. The van der Waals surface area contributed by atoms with E-state index >= 15 is 0 Å². The number of pyridine rings is 1. The van der Waals surface area contributed by atoms with Crippen molar-refractivity contribution in [2.75, 3.05) is 25.1 Å². The van der Waals surface area contributed by atoms with Crippen LogP contribution in [0.5, 0.6) is 17.2 Å². The first kappa shape index (κ1) is 44.8. The molecule has 0 bridgehead atoms. The van der Waals surface area contributed by atoms with E-state index in [9.17, 15) is 24.6 Å². The van der Waals surface area contributed by atoms with E-state index in [4.69, 9.17) is 25.8 Å². The summed E-state index contributed by atoms with van der Waals surface area (Å²) < 4.78 is 18.4. The predicted octanol–water partition coefficient (Wildman–Crippen LogP) is 9.57. The summed E-state index contributed by atoms with van der Waals surface area (Å²) in [6.07, 6.45) is 9.80. The Labute approximate surface area is 369 Å². The summed E-state index contributed by atoms with van der Waals surface area (Å²) in [5.74, 6) is 0.891. The number of aromatic nitrogens is 1. The van der Waals surface area contributed by atoms with Crippen molar-refractivity contribution < 1.29 is 38.8 Å². The first-order valence-corrected chi connectivity index (χ1v) is 22.6. The number of carbonyl (C=O) groups is 3. The van der Waals surface area contributed by atoms with E-state index in [-0.39, 0.29) is 42.6 Å². The van der Waals surface area contributed by atoms with Crippen molar-refractivity contribution in [1.82, 2.24) is 10.3 Å². The molecule has 0 saturated heterocycles. The average molecular weight is 866 g/mol. The van der Waals surface area contributed by atoms with E-state index in [0.717, 1.165) is 49.1 Å². The van der Waals surface area contributed by atoms with Crippen molar-refractivity contribution in [3.63, 3.8) is 0 Å². The lowest BCUT2D eigenvalue weighted by Gasteiger charge is -2.47. The van der Waals surface area contributed by atoms with Crippen molar-refractivity contribution >= 4 is 35.1 Å². The second kappa shape index (κ2) is 19.8. The standard InChI is InChI=1S/C50H60ClN3O8/c1-4-60-39-13-6-10-34(26-39)27-43(47(56)57)53-45(55)15-8-24-61-40-17-16-35-28-36(25-32(2)31-62-44-18-23-52-42-14-5-9-33(3)46(42)44)49(41(35)30-40)19-21-50(22-20-49,48(58)59)54-38-12-7-11-37(51)29-38/h6-7,10-13,16-18,23,26,29-30,32-33,36,43,54H,4-5,8-9,14-15,19-22,24-25,27-28,31H2,1-3H3,(H,53,55)(H,56,57)(H,58,59)/t32-,33-,36+,43?,49?,50?/m1/s1. The number of nitrogens with one attached hydrogen (secondary N) is 2. The van der Waals surface area contributed by atoms with Gasteiger partial charge in [-0.2, -0.15) is 0 Å². The van der Waals surface area contributed by atoms with Gasteiger partial charge in [-0.3, -0.25) is 9.78 Å². The number of halogens is 1. The van der Waals surface area contributed by atoms with Gasteiger partial charge < -0.3 is 35.1 Å². The Morgan fingerprint density at radius 2 is 1.74 bits per heavy atom. The number of anilines is 1. The highest BCUT2D eigenvalue weighted by atomic mass is 35.5. The predicted molar refractivity (Wildman–Crippen MR) is 240 cm³/mol. The third-order valence-electron chi connectivity index (χ3n) is 13.4. The molecule has 1 aromatic heterocycles. The van der Waals surface area contributed by atoms with E-state index in [1.807, 2.05) is 55.6 Å². The molecule has 7 rings (SSSR count). The van der Waals surface area contributed by atoms with E-state index in [1.165, 1.54) is 16.7 Å². The van der Waals surface area contributed by atoms with Gasteiger partial charge in [0.1, 0.15) is 28.8 Å². The Kier molecular flexibility index (Phi) is 14.3.